The molecule has 0 unspecified atom stereocenters. The fourth-order valence-corrected chi connectivity index (χ4v) is 2.39. The van der Waals surface area contributed by atoms with Crippen LogP contribution in [0.3, 0.4) is 0 Å². The van der Waals surface area contributed by atoms with Gasteiger partial charge in [-0.25, -0.2) is 0 Å². The third-order valence-electron chi connectivity index (χ3n) is 3.03. The Morgan fingerprint density at radius 2 is 2.25 bits per heavy atom. The summed E-state index contributed by atoms with van der Waals surface area (Å²) < 4.78 is 5.85. The zero-order valence-corrected chi connectivity index (χ0v) is 9.14. The lowest BCUT2D eigenvalue weighted by molar-refractivity contribution is -0.118. The highest BCUT2D eigenvalue weighted by molar-refractivity contribution is 5.93. The first-order valence-electron chi connectivity index (χ1n) is 5.52. The third kappa shape index (κ3) is 1.50. The number of benzene rings is 1. The SMILES string of the molecule is C[C@H]1CN2CC(=O)Nc3ccccc3[C@@H]2O1. The van der Waals surface area contributed by atoms with Crippen molar-refractivity contribution < 1.29 is 9.53 Å². The van der Waals surface area contributed by atoms with Crippen LogP contribution >= 0.6 is 0 Å². The van der Waals surface area contributed by atoms with Gasteiger partial charge in [-0.2, -0.15) is 0 Å². The number of hydrogen-bond acceptors (Lipinski definition) is 3. The predicted octanol–water partition coefficient (Wildman–Crippen LogP) is 1.36. The van der Waals surface area contributed by atoms with E-state index in [4.69, 9.17) is 4.74 Å². The van der Waals surface area contributed by atoms with Crippen LogP contribution in [0.4, 0.5) is 5.69 Å². The molecule has 0 saturated carbocycles. The number of ether oxygens (including phenoxy) is 1. The van der Waals surface area contributed by atoms with E-state index in [9.17, 15) is 4.79 Å². The molecule has 3 rings (SSSR count). The normalized spacial score (nSPS) is 29.2. The van der Waals surface area contributed by atoms with Gasteiger partial charge in [-0.1, -0.05) is 18.2 Å². The summed E-state index contributed by atoms with van der Waals surface area (Å²) >= 11 is 0. The fourth-order valence-electron chi connectivity index (χ4n) is 2.39. The van der Waals surface area contributed by atoms with Crippen molar-refractivity contribution in [3.63, 3.8) is 0 Å². The summed E-state index contributed by atoms with van der Waals surface area (Å²) in [5, 5.41) is 2.91. The van der Waals surface area contributed by atoms with Gasteiger partial charge in [0.25, 0.3) is 0 Å². The van der Waals surface area contributed by atoms with Crippen LogP contribution in [0.2, 0.25) is 0 Å². The van der Waals surface area contributed by atoms with Gasteiger partial charge in [-0.3, -0.25) is 9.69 Å². The van der Waals surface area contributed by atoms with E-state index in [-0.39, 0.29) is 18.2 Å². The Morgan fingerprint density at radius 1 is 1.44 bits per heavy atom. The first kappa shape index (κ1) is 9.81. The lowest BCUT2D eigenvalue weighted by Gasteiger charge is -2.19. The van der Waals surface area contributed by atoms with Gasteiger partial charge in [0.15, 0.2) is 0 Å². The fraction of sp³-hybridized carbons (Fsp3) is 0.417. The molecular formula is C12H14N2O2. The van der Waals surface area contributed by atoms with Crippen molar-refractivity contribution in [2.45, 2.75) is 19.3 Å². The zero-order chi connectivity index (χ0) is 11.1. The second-order valence-electron chi connectivity index (χ2n) is 4.36. The van der Waals surface area contributed by atoms with Crippen LogP contribution in [-0.4, -0.2) is 30.0 Å². The number of fused-ring (bicyclic) bond motifs is 3. The Bertz CT molecular complexity index is 433. The highest BCUT2D eigenvalue weighted by Crippen LogP contribution is 2.35. The molecular weight excluding hydrogens is 204 g/mol. The topological polar surface area (TPSA) is 41.6 Å². The standard InChI is InChI=1S/C12H14N2O2/c1-8-6-14-7-11(15)13-10-5-3-2-4-9(10)12(14)16-8/h2-5,8,12H,6-7H2,1H3,(H,13,15)/t8-,12-/m0/s1. The van der Waals surface area contributed by atoms with Crippen molar-refractivity contribution in [1.82, 2.24) is 4.90 Å². The number of rotatable bonds is 0. The Morgan fingerprint density at radius 3 is 3.12 bits per heavy atom. The van der Waals surface area contributed by atoms with E-state index in [0.29, 0.717) is 6.54 Å². The molecule has 1 aromatic carbocycles. The summed E-state index contributed by atoms with van der Waals surface area (Å²) in [5.41, 5.74) is 1.92. The van der Waals surface area contributed by atoms with Crippen LogP contribution in [-0.2, 0) is 9.53 Å². The molecule has 84 valence electrons. The molecule has 2 heterocycles. The van der Waals surface area contributed by atoms with E-state index in [1.54, 1.807) is 0 Å². The molecule has 0 aliphatic carbocycles. The second kappa shape index (κ2) is 3.57. The highest BCUT2D eigenvalue weighted by Gasteiger charge is 2.36. The summed E-state index contributed by atoms with van der Waals surface area (Å²) in [6.45, 7) is 3.26. The van der Waals surface area contributed by atoms with Crippen LogP contribution < -0.4 is 5.32 Å². The molecule has 1 amide bonds. The number of hydrogen-bond donors (Lipinski definition) is 1. The quantitative estimate of drug-likeness (QED) is 0.715. The molecule has 2 aliphatic heterocycles. The molecule has 0 bridgehead atoms. The molecule has 2 aliphatic rings. The molecule has 1 aromatic rings. The van der Waals surface area contributed by atoms with Gasteiger partial charge in [0.1, 0.15) is 6.23 Å². The number of nitrogens with one attached hydrogen (secondary N) is 1. The molecule has 4 nitrogen and oxygen atoms in total. The minimum atomic E-state index is -0.0786. The van der Waals surface area contributed by atoms with Gasteiger partial charge in [-0.15, -0.1) is 0 Å². The summed E-state index contributed by atoms with van der Waals surface area (Å²) in [4.78, 5) is 13.8. The summed E-state index contributed by atoms with van der Waals surface area (Å²) in [6, 6.07) is 7.83. The first-order chi connectivity index (χ1) is 7.74. The van der Waals surface area contributed by atoms with Crippen LogP contribution in [0.1, 0.15) is 18.7 Å². The predicted molar refractivity (Wildman–Crippen MR) is 59.9 cm³/mol. The lowest BCUT2D eigenvalue weighted by atomic mass is 10.1. The Hall–Kier alpha value is -1.39. The number of para-hydroxylation sites is 1. The molecule has 1 saturated heterocycles. The van der Waals surface area contributed by atoms with E-state index < -0.39 is 0 Å². The Labute approximate surface area is 94.2 Å². The third-order valence-corrected chi connectivity index (χ3v) is 3.03. The van der Waals surface area contributed by atoms with Gasteiger partial charge in [-0.05, 0) is 13.0 Å². The van der Waals surface area contributed by atoms with Crippen LogP contribution in [0.15, 0.2) is 24.3 Å². The van der Waals surface area contributed by atoms with Gasteiger partial charge in [0.05, 0.1) is 12.6 Å². The van der Waals surface area contributed by atoms with Gasteiger partial charge in [0.2, 0.25) is 5.91 Å². The van der Waals surface area contributed by atoms with E-state index in [1.807, 2.05) is 31.2 Å². The molecule has 0 spiro atoms. The molecule has 1 N–H and O–H groups in total. The molecule has 4 heteroatoms. The largest absolute Gasteiger partial charge is 0.354 e. The van der Waals surface area contributed by atoms with E-state index in [0.717, 1.165) is 17.8 Å². The monoisotopic (exact) mass is 218 g/mol. The van der Waals surface area contributed by atoms with Crippen molar-refractivity contribution >= 4 is 11.6 Å². The Kier molecular flexibility index (Phi) is 2.19. The number of carbonyl (C=O) groups excluding carboxylic acids is 1. The van der Waals surface area contributed by atoms with Crippen molar-refractivity contribution in [2.75, 3.05) is 18.4 Å². The van der Waals surface area contributed by atoms with Gasteiger partial charge in [0, 0.05) is 17.8 Å². The summed E-state index contributed by atoms with van der Waals surface area (Å²) in [7, 11) is 0. The van der Waals surface area contributed by atoms with Crippen LogP contribution in [0, 0.1) is 0 Å². The minimum Gasteiger partial charge on any atom is -0.354 e. The number of amides is 1. The maximum atomic E-state index is 11.7. The summed E-state index contributed by atoms with van der Waals surface area (Å²) in [5.74, 6) is 0.0349. The zero-order valence-electron chi connectivity index (χ0n) is 9.14. The highest BCUT2D eigenvalue weighted by atomic mass is 16.5. The number of carbonyl (C=O) groups is 1. The first-order valence-corrected chi connectivity index (χ1v) is 5.52. The van der Waals surface area contributed by atoms with Crippen LogP contribution in [0.5, 0.6) is 0 Å². The van der Waals surface area contributed by atoms with Crippen LogP contribution in [0.25, 0.3) is 0 Å². The van der Waals surface area contributed by atoms with Gasteiger partial charge >= 0.3 is 0 Å². The van der Waals surface area contributed by atoms with E-state index in [1.165, 1.54) is 0 Å². The Balaban J connectivity index is 2.06. The molecule has 16 heavy (non-hydrogen) atoms. The van der Waals surface area contributed by atoms with Crippen molar-refractivity contribution in [3.05, 3.63) is 29.8 Å². The molecule has 0 aromatic heterocycles. The summed E-state index contributed by atoms with van der Waals surface area (Å²) in [6.07, 6.45) is 0.106. The second-order valence-corrected chi connectivity index (χ2v) is 4.36. The van der Waals surface area contributed by atoms with E-state index in [2.05, 4.69) is 10.2 Å². The molecule has 0 radical (unpaired) electrons. The lowest BCUT2D eigenvalue weighted by Crippen LogP contribution is -2.30. The van der Waals surface area contributed by atoms with Gasteiger partial charge < -0.3 is 10.1 Å². The van der Waals surface area contributed by atoms with Crippen molar-refractivity contribution in [2.24, 2.45) is 0 Å². The van der Waals surface area contributed by atoms with E-state index >= 15 is 0 Å². The number of anilines is 1. The maximum absolute atomic E-state index is 11.7. The molecule has 1 fully saturated rings. The average Bonchev–Trinajstić information content (AvgIpc) is 2.54. The van der Waals surface area contributed by atoms with Crippen molar-refractivity contribution in [3.8, 4) is 0 Å². The molecule has 2 atom stereocenters. The maximum Gasteiger partial charge on any atom is 0.238 e. The number of nitrogens with zero attached hydrogens (tertiary/aromatic N) is 1. The van der Waals surface area contributed by atoms with Crippen molar-refractivity contribution in [1.29, 1.82) is 0 Å². The smallest absolute Gasteiger partial charge is 0.238 e. The minimum absolute atomic E-state index is 0.0349. The average molecular weight is 218 g/mol.